The maximum Gasteiger partial charge on any atom is 0.301 e. The molecule has 3 rings (SSSR count). The zero-order valence-electron chi connectivity index (χ0n) is 12.3. The van der Waals surface area contributed by atoms with E-state index < -0.39 is 17.6 Å². The number of carbonyl (C=O) groups is 2. The van der Waals surface area contributed by atoms with Crippen LogP contribution in [0.1, 0.15) is 16.7 Å². The van der Waals surface area contributed by atoms with Gasteiger partial charge in [0, 0.05) is 0 Å². The molecule has 110 valence electrons. The largest absolute Gasteiger partial charge is 0.502 e. The average molecular weight is 293 g/mol. The number of hydrogen-bond acceptors (Lipinski definition) is 3. The molecule has 4 heteroatoms. The smallest absolute Gasteiger partial charge is 0.301 e. The first-order chi connectivity index (χ1) is 10.5. The number of amides is 2. The number of carbonyl (C=O) groups excluding carboxylic acids is 2. The van der Waals surface area contributed by atoms with E-state index >= 15 is 0 Å². The summed E-state index contributed by atoms with van der Waals surface area (Å²) in [7, 11) is 0. The third-order valence-corrected chi connectivity index (χ3v) is 3.73. The van der Waals surface area contributed by atoms with Gasteiger partial charge >= 0.3 is 5.91 Å². The lowest BCUT2D eigenvalue weighted by Gasteiger charge is -2.14. The molecule has 0 radical (unpaired) electrons. The number of rotatable bonds is 2. The second-order valence-electron chi connectivity index (χ2n) is 5.32. The van der Waals surface area contributed by atoms with Crippen molar-refractivity contribution >= 4 is 23.1 Å². The van der Waals surface area contributed by atoms with Gasteiger partial charge in [-0.3, -0.25) is 9.59 Å². The molecule has 0 aliphatic carbocycles. The number of imide groups is 1. The van der Waals surface area contributed by atoms with E-state index in [1.807, 2.05) is 26.0 Å². The molecule has 2 amide bonds. The van der Waals surface area contributed by atoms with E-state index in [9.17, 15) is 14.7 Å². The van der Waals surface area contributed by atoms with Gasteiger partial charge < -0.3 is 5.11 Å². The summed E-state index contributed by atoms with van der Waals surface area (Å²) in [6, 6.07) is 14.1. The van der Waals surface area contributed by atoms with Crippen molar-refractivity contribution in [2.45, 2.75) is 13.8 Å². The molecule has 4 nitrogen and oxygen atoms in total. The minimum Gasteiger partial charge on any atom is -0.502 e. The van der Waals surface area contributed by atoms with Gasteiger partial charge in [0.2, 0.25) is 0 Å². The van der Waals surface area contributed by atoms with Crippen molar-refractivity contribution in [1.29, 1.82) is 0 Å². The Kier molecular flexibility index (Phi) is 3.29. The summed E-state index contributed by atoms with van der Waals surface area (Å²) in [5.41, 5.74) is 2.99. The fraction of sp³-hybridized carbons (Fsp3) is 0.111. The molecule has 0 spiro atoms. The second kappa shape index (κ2) is 5.15. The van der Waals surface area contributed by atoms with Crippen LogP contribution < -0.4 is 4.90 Å². The van der Waals surface area contributed by atoms with Crippen LogP contribution in [-0.2, 0) is 9.59 Å². The van der Waals surface area contributed by atoms with Gasteiger partial charge in [-0.25, -0.2) is 4.90 Å². The highest BCUT2D eigenvalue weighted by atomic mass is 16.3. The van der Waals surface area contributed by atoms with Crippen LogP contribution in [0.5, 0.6) is 0 Å². The van der Waals surface area contributed by atoms with Gasteiger partial charge in [-0.2, -0.15) is 0 Å². The fourth-order valence-electron chi connectivity index (χ4n) is 2.67. The van der Waals surface area contributed by atoms with E-state index in [0.717, 1.165) is 16.0 Å². The number of anilines is 1. The highest BCUT2D eigenvalue weighted by Crippen LogP contribution is 2.33. The molecule has 1 aliphatic heterocycles. The van der Waals surface area contributed by atoms with Crippen molar-refractivity contribution in [3.63, 3.8) is 0 Å². The van der Waals surface area contributed by atoms with E-state index in [1.54, 1.807) is 36.4 Å². The van der Waals surface area contributed by atoms with Crippen LogP contribution in [0.15, 0.2) is 54.3 Å². The molecular formula is C18H15NO3. The molecule has 0 saturated carbocycles. The predicted molar refractivity (Wildman–Crippen MR) is 84.4 cm³/mol. The molecule has 1 N–H and O–H groups in total. The van der Waals surface area contributed by atoms with Gasteiger partial charge in [-0.15, -0.1) is 0 Å². The number of aliphatic hydroxyl groups is 1. The van der Waals surface area contributed by atoms with Crippen LogP contribution in [0.4, 0.5) is 5.69 Å². The Hall–Kier alpha value is -2.88. The van der Waals surface area contributed by atoms with Crippen LogP contribution in [0.2, 0.25) is 0 Å². The quantitative estimate of drug-likeness (QED) is 0.865. The highest BCUT2D eigenvalue weighted by Gasteiger charge is 2.40. The summed E-state index contributed by atoms with van der Waals surface area (Å²) in [4.78, 5) is 25.9. The third-order valence-electron chi connectivity index (χ3n) is 3.73. The Balaban J connectivity index is 2.10. The number of hydrogen-bond donors (Lipinski definition) is 1. The Morgan fingerprint density at radius 1 is 0.909 bits per heavy atom. The summed E-state index contributed by atoms with van der Waals surface area (Å²) < 4.78 is 0. The van der Waals surface area contributed by atoms with Crippen molar-refractivity contribution in [1.82, 2.24) is 0 Å². The Morgan fingerprint density at radius 3 is 2.23 bits per heavy atom. The molecule has 0 saturated heterocycles. The number of nitrogens with zero attached hydrogens (tertiary/aromatic N) is 1. The third kappa shape index (κ3) is 2.09. The Labute approximate surface area is 128 Å². The number of aliphatic hydroxyl groups excluding tert-OH is 1. The minimum atomic E-state index is -0.689. The molecule has 22 heavy (non-hydrogen) atoms. The van der Waals surface area contributed by atoms with Crippen molar-refractivity contribution in [3.05, 3.63) is 71.0 Å². The van der Waals surface area contributed by atoms with E-state index in [4.69, 9.17) is 0 Å². The van der Waals surface area contributed by atoms with Gasteiger partial charge in [0.15, 0.2) is 5.76 Å². The van der Waals surface area contributed by atoms with E-state index in [1.165, 1.54) is 0 Å². The van der Waals surface area contributed by atoms with Gasteiger partial charge in [0.25, 0.3) is 5.91 Å². The lowest BCUT2D eigenvalue weighted by molar-refractivity contribution is -0.121. The topological polar surface area (TPSA) is 57.6 Å². The summed E-state index contributed by atoms with van der Waals surface area (Å²) >= 11 is 0. The van der Waals surface area contributed by atoms with Gasteiger partial charge in [-0.05, 0) is 37.1 Å². The van der Waals surface area contributed by atoms with Gasteiger partial charge in [-0.1, -0.05) is 42.0 Å². The number of aryl methyl sites for hydroxylation is 2. The summed E-state index contributed by atoms with van der Waals surface area (Å²) in [6.45, 7) is 3.80. The Bertz CT molecular complexity index is 806. The first kappa shape index (κ1) is 14.1. The summed E-state index contributed by atoms with van der Waals surface area (Å²) in [5.74, 6) is -1.69. The SMILES string of the molecule is Cc1ccc(C2=C(O)C(=O)N(c3ccccc3)C2=O)c(C)c1. The van der Waals surface area contributed by atoms with Crippen LogP contribution in [-0.4, -0.2) is 16.9 Å². The van der Waals surface area contributed by atoms with Crippen molar-refractivity contribution in [3.8, 4) is 0 Å². The molecule has 0 fully saturated rings. The molecule has 2 aromatic carbocycles. The zero-order valence-corrected chi connectivity index (χ0v) is 12.3. The molecule has 2 aromatic rings. The maximum atomic E-state index is 12.7. The van der Waals surface area contributed by atoms with E-state index in [-0.39, 0.29) is 5.57 Å². The predicted octanol–water partition coefficient (Wildman–Crippen LogP) is 3.15. The van der Waals surface area contributed by atoms with Crippen LogP contribution in [0, 0.1) is 13.8 Å². The number of para-hydroxylation sites is 1. The summed E-state index contributed by atoms with van der Waals surface area (Å²) in [5, 5.41) is 10.2. The lowest BCUT2D eigenvalue weighted by Crippen LogP contribution is -2.31. The molecule has 0 atom stereocenters. The zero-order chi connectivity index (χ0) is 15.9. The van der Waals surface area contributed by atoms with Crippen LogP contribution in [0.25, 0.3) is 5.57 Å². The molecule has 1 aliphatic rings. The molecule has 1 heterocycles. The normalized spacial score (nSPS) is 14.9. The number of benzene rings is 2. The molecular weight excluding hydrogens is 278 g/mol. The molecule has 0 bridgehead atoms. The van der Waals surface area contributed by atoms with E-state index in [2.05, 4.69) is 0 Å². The fourth-order valence-corrected chi connectivity index (χ4v) is 2.67. The first-order valence-electron chi connectivity index (χ1n) is 6.95. The monoisotopic (exact) mass is 293 g/mol. The minimum absolute atomic E-state index is 0.0614. The lowest BCUT2D eigenvalue weighted by atomic mass is 9.98. The maximum absolute atomic E-state index is 12.7. The van der Waals surface area contributed by atoms with Gasteiger partial charge in [0.05, 0.1) is 11.3 Å². The second-order valence-corrected chi connectivity index (χ2v) is 5.32. The van der Waals surface area contributed by atoms with Crippen LogP contribution >= 0.6 is 0 Å². The van der Waals surface area contributed by atoms with Crippen LogP contribution in [0.3, 0.4) is 0 Å². The summed E-state index contributed by atoms with van der Waals surface area (Å²) in [6.07, 6.45) is 0. The first-order valence-corrected chi connectivity index (χ1v) is 6.95. The van der Waals surface area contributed by atoms with E-state index in [0.29, 0.717) is 11.3 Å². The molecule has 0 aromatic heterocycles. The molecule has 0 unspecified atom stereocenters. The van der Waals surface area contributed by atoms with Gasteiger partial charge in [0.1, 0.15) is 0 Å². The van der Waals surface area contributed by atoms with Crippen molar-refractivity contribution in [2.24, 2.45) is 0 Å². The van der Waals surface area contributed by atoms with Crippen molar-refractivity contribution < 1.29 is 14.7 Å². The highest BCUT2D eigenvalue weighted by molar-refractivity contribution is 6.45. The average Bonchev–Trinajstić information content (AvgIpc) is 2.71. The van der Waals surface area contributed by atoms with Crippen molar-refractivity contribution in [2.75, 3.05) is 4.90 Å². The standard InChI is InChI=1S/C18H15NO3/c1-11-8-9-14(12(2)10-11)15-16(20)18(22)19(17(15)21)13-6-4-3-5-7-13/h3-10,20H,1-2H3. The Morgan fingerprint density at radius 2 is 1.59 bits per heavy atom.